The first-order valence-corrected chi connectivity index (χ1v) is 10.8. The number of para-hydroxylation sites is 1. The number of carbonyl (C=O) groups excluding carboxylic acids is 1. The Bertz CT molecular complexity index is 1380. The van der Waals surface area contributed by atoms with Crippen LogP contribution in [0, 0.1) is 0 Å². The van der Waals surface area contributed by atoms with Crippen molar-refractivity contribution >= 4 is 44.7 Å². The monoisotopic (exact) mass is 503 g/mol. The molecule has 0 fully saturated rings. The number of aromatic hydroxyl groups is 1. The highest BCUT2D eigenvalue weighted by Gasteiger charge is 2.18. The molecule has 0 spiro atoms. The number of carboxylic acids is 1. The van der Waals surface area contributed by atoms with Gasteiger partial charge in [0.1, 0.15) is 23.7 Å². The fraction of sp³-hybridized carbons (Fsp3) is 0.0385. The molecule has 0 amide bonds. The van der Waals surface area contributed by atoms with Gasteiger partial charge in [0.25, 0.3) is 0 Å². The number of fused-ring (bicyclic) bond motifs is 1. The summed E-state index contributed by atoms with van der Waals surface area (Å²) in [5.41, 5.74) is 2.03. The van der Waals surface area contributed by atoms with Crippen molar-refractivity contribution < 1.29 is 24.5 Å². The van der Waals surface area contributed by atoms with Crippen molar-refractivity contribution in [2.75, 3.05) is 0 Å². The molecule has 0 unspecified atom stereocenters. The third-order valence-electron chi connectivity index (χ3n) is 4.92. The molecular formula is C26H18BrNO5. The number of ketones is 1. The van der Waals surface area contributed by atoms with Crippen molar-refractivity contribution in [2.45, 2.75) is 6.61 Å². The largest absolute Gasteiger partial charge is 0.506 e. The van der Waals surface area contributed by atoms with E-state index in [9.17, 15) is 14.7 Å². The van der Waals surface area contributed by atoms with E-state index in [0.29, 0.717) is 16.8 Å². The lowest BCUT2D eigenvalue weighted by Crippen LogP contribution is -2.03. The Morgan fingerprint density at radius 2 is 1.70 bits per heavy atom. The Labute approximate surface area is 197 Å². The highest BCUT2D eigenvalue weighted by molar-refractivity contribution is 9.10. The maximum Gasteiger partial charge on any atom is 0.339 e. The number of hydrogen-bond acceptors (Lipinski definition) is 5. The van der Waals surface area contributed by atoms with Gasteiger partial charge in [0.2, 0.25) is 0 Å². The summed E-state index contributed by atoms with van der Waals surface area (Å²) in [4.78, 5) is 28.3. The van der Waals surface area contributed by atoms with Crippen molar-refractivity contribution in [3.05, 3.63) is 106 Å². The number of hydrogen-bond donors (Lipinski definition) is 2. The lowest BCUT2D eigenvalue weighted by molar-refractivity contribution is 0.0693. The molecule has 0 aliphatic carbocycles. The first-order valence-electron chi connectivity index (χ1n) is 9.96. The molecule has 33 heavy (non-hydrogen) atoms. The van der Waals surface area contributed by atoms with Gasteiger partial charge in [-0.2, -0.15) is 0 Å². The number of carboxylic acid groups (broad SMARTS) is 1. The summed E-state index contributed by atoms with van der Waals surface area (Å²) >= 11 is 3.16. The van der Waals surface area contributed by atoms with Crippen molar-refractivity contribution in [2.24, 2.45) is 0 Å². The van der Waals surface area contributed by atoms with Gasteiger partial charge in [-0.25, -0.2) is 9.78 Å². The molecule has 0 saturated carbocycles. The fourth-order valence-electron chi connectivity index (χ4n) is 3.23. The molecule has 0 aliphatic heterocycles. The van der Waals surface area contributed by atoms with E-state index in [4.69, 9.17) is 9.84 Å². The van der Waals surface area contributed by atoms with Crippen LogP contribution < -0.4 is 4.74 Å². The molecule has 1 heterocycles. The summed E-state index contributed by atoms with van der Waals surface area (Å²) in [6.07, 6.45) is 2.86. The summed E-state index contributed by atoms with van der Waals surface area (Å²) < 4.78 is 6.19. The zero-order valence-electron chi connectivity index (χ0n) is 17.2. The van der Waals surface area contributed by atoms with Gasteiger partial charge in [-0.05, 0) is 48.0 Å². The van der Waals surface area contributed by atoms with Crippen molar-refractivity contribution in [1.82, 2.24) is 4.98 Å². The normalized spacial score (nSPS) is 11.1. The number of allylic oxidation sites excluding steroid dienone is 1. The summed E-state index contributed by atoms with van der Waals surface area (Å²) in [6.45, 7) is 0.326. The van der Waals surface area contributed by atoms with Gasteiger partial charge in [-0.3, -0.25) is 4.79 Å². The van der Waals surface area contributed by atoms with Crippen LogP contribution in [-0.4, -0.2) is 26.9 Å². The third kappa shape index (κ3) is 5.27. The van der Waals surface area contributed by atoms with Gasteiger partial charge in [-0.1, -0.05) is 58.4 Å². The Morgan fingerprint density at radius 3 is 2.45 bits per heavy atom. The van der Waals surface area contributed by atoms with Crippen LogP contribution in [0.3, 0.4) is 0 Å². The number of aromatic carboxylic acids is 1. The number of halogens is 1. The number of benzene rings is 3. The van der Waals surface area contributed by atoms with E-state index in [1.54, 1.807) is 30.3 Å². The van der Waals surface area contributed by atoms with Gasteiger partial charge in [-0.15, -0.1) is 0 Å². The average Bonchev–Trinajstić information content (AvgIpc) is 2.82. The smallest absolute Gasteiger partial charge is 0.339 e. The van der Waals surface area contributed by atoms with Gasteiger partial charge in [0.05, 0.1) is 16.8 Å². The molecule has 7 heteroatoms. The highest BCUT2D eigenvalue weighted by atomic mass is 79.9. The minimum atomic E-state index is -1.32. The molecule has 3 aromatic carbocycles. The van der Waals surface area contributed by atoms with Crippen LogP contribution >= 0.6 is 15.9 Å². The maximum absolute atomic E-state index is 12.5. The molecule has 4 aromatic rings. The molecule has 0 aliphatic rings. The van der Waals surface area contributed by atoms with E-state index in [-0.39, 0.29) is 11.1 Å². The van der Waals surface area contributed by atoms with Gasteiger partial charge in [0.15, 0.2) is 5.78 Å². The molecule has 0 radical (unpaired) electrons. The Morgan fingerprint density at radius 1 is 0.970 bits per heavy atom. The van der Waals surface area contributed by atoms with Gasteiger partial charge in [0, 0.05) is 9.86 Å². The van der Waals surface area contributed by atoms with Gasteiger partial charge >= 0.3 is 5.97 Å². The Kier molecular flexibility index (Phi) is 6.51. The van der Waals surface area contributed by atoms with Crippen LogP contribution in [0.25, 0.3) is 17.0 Å². The number of nitrogens with zero attached hydrogens (tertiary/aromatic N) is 1. The topological polar surface area (TPSA) is 96.7 Å². The van der Waals surface area contributed by atoms with Gasteiger partial charge < -0.3 is 14.9 Å². The summed E-state index contributed by atoms with van der Waals surface area (Å²) in [7, 11) is 0. The van der Waals surface area contributed by atoms with Crippen LogP contribution in [0.15, 0.2) is 83.3 Å². The summed E-state index contributed by atoms with van der Waals surface area (Å²) in [5.74, 6) is -1.74. The predicted octanol–water partition coefficient (Wildman–Crippen LogP) is 5.88. The molecule has 0 atom stereocenters. The van der Waals surface area contributed by atoms with E-state index in [2.05, 4.69) is 20.9 Å². The second-order valence-electron chi connectivity index (χ2n) is 7.21. The molecule has 0 bridgehead atoms. The maximum atomic E-state index is 12.5. The number of carbonyl (C=O) groups is 2. The lowest BCUT2D eigenvalue weighted by Gasteiger charge is -2.07. The van der Waals surface area contributed by atoms with Crippen LogP contribution in [0.2, 0.25) is 0 Å². The second-order valence-corrected chi connectivity index (χ2v) is 8.12. The van der Waals surface area contributed by atoms with Crippen LogP contribution in [0.4, 0.5) is 0 Å². The van der Waals surface area contributed by atoms with Crippen molar-refractivity contribution in [3.63, 3.8) is 0 Å². The van der Waals surface area contributed by atoms with E-state index < -0.39 is 17.5 Å². The first kappa shape index (κ1) is 22.2. The van der Waals surface area contributed by atoms with Crippen molar-refractivity contribution in [3.8, 4) is 11.5 Å². The number of aromatic nitrogens is 1. The molecular weight excluding hydrogens is 486 g/mol. The zero-order valence-corrected chi connectivity index (χ0v) is 18.8. The molecule has 4 rings (SSSR count). The second kappa shape index (κ2) is 9.67. The van der Waals surface area contributed by atoms with Crippen molar-refractivity contribution in [1.29, 1.82) is 0 Å². The Hall–Kier alpha value is -3.97. The molecule has 2 N–H and O–H groups in total. The number of ether oxygens (including phenoxy) is 1. The van der Waals surface area contributed by atoms with E-state index >= 15 is 0 Å². The minimum absolute atomic E-state index is 0.0964. The number of rotatable bonds is 7. The van der Waals surface area contributed by atoms with E-state index in [1.165, 1.54) is 18.2 Å². The highest BCUT2D eigenvalue weighted by Crippen LogP contribution is 2.28. The quantitative estimate of drug-likeness (QED) is 0.241. The average molecular weight is 504 g/mol. The number of phenols is 1. The zero-order chi connectivity index (χ0) is 23.4. The number of pyridine rings is 1. The predicted molar refractivity (Wildman–Crippen MR) is 129 cm³/mol. The van der Waals surface area contributed by atoms with Crippen LogP contribution in [0.5, 0.6) is 11.5 Å². The summed E-state index contributed by atoms with van der Waals surface area (Å²) in [6, 6.07) is 21.6. The lowest BCUT2D eigenvalue weighted by atomic mass is 10.0. The molecule has 1 aromatic heterocycles. The minimum Gasteiger partial charge on any atom is -0.506 e. The Balaban J connectivity index is 1.42. The summed E-state index contributed by atoms with van der Waals surface area (Å²) in [5, 5.41) is 20.4. The SMILES string of the molecule is O=C(O)c1cc(Br)cc(C(=O)/C=C/c2ccc(OCc3ccc4ccccc4n3)cc2)c1O. The molecule has 0 saturated heterocycles. The van der Waals surface area contributed by atoms with E-state index in [1.807, 2.05) is 36.4 Å². The molecule has 164 valence electrons. The first-order chi connectivity index (χ1) is 15.9. The third-order valence-corrected chi connectivity index (χ3v) is 5.38. The van der Waals surface area contributed by atoms with E-state index in [0.717, 1.165) is 22.2 Å². The van der Waals surface area contributed by atoms with Crippen LogP contribution in [0.1, 0.15) is 32.0 Å². The fourth-order valence-corrected chi connectivity index (χ4v) is 3.69. The van der Waals surface area contributed by atoms with Crippen LogP contribution in [-0.2, 0) is 6.61 Å². The standard InChI is InChI=1S/C26H18BrNO5/c27-18-13-21(25(30)22(14-18)26(31)32)24(29)12-7-16-5-10-20(11-6-16)33-15-19-9-8-17-3-1-2-4-23(17)28-19/h1-14,30H,15H2,(H,31,32)/b12-7+. The molecule has 6 nitrogen and oxygen atoms in total.